The number of hydrogen-bond acceptors (Lipinski definition) is 1. The van der Waals surface area contributed by atoms with Gasteiger partial charge < -0.3 is 5.32 Å². The fourth-order valence-corrected chi connectivity index (χ4v) is 1.83. The van der Waals surface area contributed by atoms with Gasteiger partial charge in [0.2, 0.25) is 0 Å². The minimum absolute atomic E-state index is 1.11. The Balaban J connectivity index is 2.60. The van der Waals surface area contributed by atoms with Gasteiger partial charge in [-0.15, -0.1) is 0 Å². The maximum Gasteiger partial charge on any atom is 0.0403 e. The molecular weight excluding hydrogens is 134 g/mol. The quantitative estimate of drug-likeness (QED) is 0.593. The first kappa shape index (κ1) is 6.71. The first-order chi connectivity index (χ1) is 5.27. The molecule has 0 saturated carbocycles. The smallest absolute Gasteiger partial charge is 0.0403 e. The van der Waals surface area contributed by atoms with Crippen molar-refractivity contribution in [1.82, 2.24) is 0 Å². The molecule has 0 fully saturated rings. The van der Waals surface area contributed by atoms with Gasteiger partial charge in [0, 0.05) is 12.2 Å². The van der Waals surface area contributed by atoms with E-state index in [1.807, 2.05) is 0 Å². The van der Waals surface area contributed by atoms with Gasteiger partial charge in [-0.2, -0.15) is 0 Å². The van der Waals surface area contributed by atoms with Gasteiger partial charge in [0.15, 0.2) is 0 Å². The van der Waals surface area contributed by atoms with Crippen LogP contribution in [0.5, 0.6) is 0 Å². The predicted molar refractivity (Wildman–Crippen MR) is 48.1 cm³/mol. The highest BCUT2D eigenvalue weighted by Crippen LogP contribution is 2.26. The Morgan fingerprint density at radius 2 is 2.09 bits per heavy atom. The summed E-state index contributed by atoms with van der Waals surface area (Å²) in [6.45, 7) is 5.44. The summed E-state index contributed by atoms with van der Waals surface area (Å²) in [5.41, 5.74) is 5.63. The first-order valence-corrected chi connectivity index (χ1v) is 4.11. The van der Waals surface area contributed by atoms with Crippen molar-refractivity contribution in [2.75, 3.05) is 11.9 Å². The van der Waals surface area contributed by atoms with Crippen molar-refractivity contribution in [3.63, 3.8) is 0 Å². The van der Waals surface area contributed by atoms with Gasteiger partial charge >= 0.3 is 0 Å². The number of nitrogens with one attached hydrogen (secondary N) is 1. The normalized spacial score (nSPS) is 14.4. The van der Waals surface area contributed by atoms with Crippen LogP contribution in [-0.4, -0.2) is 6.54 Å². The Morgan fingerprint density at radius 3 is 2.91 bits per heavy atom. The van der Waals surface area contributed by atoms with E-state index in [4.69, 9.17) is 0 Å². The fraction of sp³-hybridized carbons (Fsp3) is 0.400. The molecule has 1 aromatic carbocycles. The summed E-state index contributed by atoms with van der Waals surface area (Å²) in [6, 6.07) is 4.51. The summed E-state index contributed by atoms with van der Waals surface area (Å²) >= 11 is 0. The molecule has 2 rings (SSSR count). The standard InChI is InChI=1S/C10H13N/c1-7-5-8(2)10-9(6-7)3-4-11-10/h5-6,11H,3-4H2,1-2H3. The van der Waals surface area contributed by atoms with Gasteiger partial charge in [-0.1, -0.05) is 17.7 Å². The highest BCUT2D eigenvalue weighted by Gasteiger charge is 2.11. The summed E-state index contributed by atoms with van der Waals surface area (Å²) in [7, 11) is 0. The third-order valence-corrected chi connectivity index (χ3v) is 2.26. The molecule has 0 atom stereocenters. The molecule has 1 N–H and O–H groups in total. The molecule has 1 aliphatic heterocycles. The molecule has 1 aromatic rings. The summed E-state index contributed by atoms with van der Waals surface area (Å²) in [5.74, 6) is 0. The average Bonchev–Trinajstić information content (AvgIpc) is 2.34. The number of fused-ring (bicyclic) bond motifs is 1. The predicted octanol–water partition coefficient (Wildman–Crippen LogP) is 2.27. The number of benzene rings is 1. The zero-order valence-electron chi connectivity index (χ0n) is 7.07. The molecule has 0 saturated heterocycles. The van der Waals surface area contributed by atoms with Crippen molar-refractivity contribution in [3.05, 3.63) is 28.8 Å². The molecule has 0 spiro atoms. The molecule has 0 aromatic heterocycles. The van der Waals surface area contributed by atoms with Crippen molar-refractivity contribution >= 4 is 5.69 Å². The maximum absolute atomic E-state index is 3.40. The number of hydrogen-bond donors (Lipinski definition) is 1. The summed E-state index contributed by atoms with van der Waals surface area (Å²) in [6.07, 6.45) is 1.19. The molecule has 0 unspecified atom stereocenters. The maximum atomic E-state index is 3.40. The van der Waals surface area contributed by atoms with E-state index in [1.165, 1.54) is 28.8 Å². The zero-order valence-corrected chi connectivity index (χ0v) is 7.07. The molecule has 0 bridgehead atoms. The van der Waals surface area contributed by atoms with Gasteiger partial charge in [-0.3, -0.25) is 0 Å². The van der Waals surface area contributed by atoms with Crippen LogP contribution in [0.1, 0.15) is 16.7 Å². The third-order valence-electron chi connectivity index (χ3n) is 2.26. The largest absolute Gasteiger partial charge is 0.384 e. The Kier molecular flexibility index (Phi) is 1.38. The Hall–Kier alpha value is -0.980. The summed E-state index contributed by atoms with van der Waals surface area (Å²) in [5, 5.41) is 3.40. The van der Waals surface area contributed by atoms with E-state index in [1.54, 1.807) is 0 Å². The van der Waals surface area contributed by atoms with E-state index in [0.29, 0.717) is 0 Å². The van der Waals surface area contributed by atoms with Crippen LogP contribution in [0.4, 0.5) is 5.69 Å². The Bertz CT molecular complexity index is 289. The van der Waals surface area contributed by atoms with Crippen molar-refractivity contribution in [2.24, 2.45) is 0 Å². The second-order valence-corrected chi connectivity index (χ2v) is 3.29. The van der Waals surface area contributed by atoms with Crippen LogP contribution < -0.4 is 5.32 Å². The minimum atomic E-state index is 1.11. The van der Waals surface area contributed by atoms with Crippen LogP contribution in [0.2, 0.25) is 0 Å². The lowest BCUT2D eigenvalue weighted by Crippen LogP contribution is -1.92. The third kappa shape index (κ3) is 1.01. The summed E-state index contributed by atoms with van der Waals surface area (Å²) in [4.78, 5) is 0. The highest BCUT2D eigenvalue weighted by atomic mass is 14.9. The lowest BCUT2D eigenvalue weighted by atomic mass is 10.1. The van der Waals surface area contributed by atoms with Crippen LogP contribution in [0.15, 0.2) is 12.1 Å². The van der Waals surface area contributed by atoms with Crippen molar-refractivity contribution in [3.8, 4) is 0 Å². The fourth-order valence-electron chi connectivity index (χ4n) is 1.83. The van der Waals surface area contributed by atoms with Gasteiger partial charge in [-0.05, 0) is 31.4 Å². The van der Waals surface area contributed by atoms with E-state index in [9.17, 15) is 0 Å². The second kappa shape index (κ2) is 2.26. The van der Waals surface area contributed by atoms with Crippen LogP contribution in [0.3, 0.4) is 0 Å². The molecule has 0 amide bonds. The van der Waals surface area contributed by atoms with Gasteiger partial charge in [0.1, 0.15) is 0 Å². The number of aryl methyl sites for hydroxylation is 2. The summed E-state index contributed by atoms with van der Waals surface area (Å²) < 4.78 is 0. The second-order valence-electron chi connectivity index (χ2n) is 3.29. The molecule has 1 heteroatoms. The molecule has 0 aliphatic carbocycles. The number of anilines is 1. The van der Waals surface area contributed by atoms with Crippen LogP contribution in [0.25, 0.3) is 0 Å². The molecule has 58 valence electrons. The SMILES string of the molecule is Cc1cc(C)c2c(c1)CCN2. The molecular formula is C10H13N. The van der Waals surface area contributed by atoms with E-state index < -0.39 is 0 Å². The lowest BCUT2D eigenvalue weighted by molar-refractivity contribution is 1.10. The number of rotatable bonds is 0. The monoisotopic (exact) mass is 147 g/mol. The van der Waals surface area contributed by atoms with Gasteiger partial charge in [0.25, 0.3) is 0 Å². The van der Waals surface area contributed by atoms with E-state index in [2.05, 4.69) is 31.3 Å². The zero-order chi connectivity index (χ0) is 7.84. The van der Waals surface area contributed by atoms with Crippen LogP contribution >= 0.6 is 0 Å². The Labute approximate surface area is 67.4 Å². The Morgan fingerprint density at radius 1 is 1.27 bits per heavy atom. The van der Waals surface area contributed by atoms with Crippen molar-refractivity contribution in [2.45, 2.75) is 20.3 Å². The van der Waals surface area contributed by atoms with E-state index in [0.717, 1.165) is 6.54 Å². The van der Waals surface area contributed by atoms with Crippen LogP contribution in [-0.2, 0) is 6.42 Å². The highest BCUT2D eigenvalue weighted by molar-refractivity contribution is 5.61. The van der Waals surface area contributed by atoms with E-state index in [-0.39, 0.29) is 0 Å². The molecule has 1 nitrogen and oxygen atoms in total. The lowest BCUT2D eigenvalue weighted by Gasteiger charge is -2.04. The molecule has 1 aliphatic rings. The van der Waals surface area contributed by atoms with Gasteiger partial charge in [0.05, 0.1) is 0 Å². The minimum Gasteiger partial charge on any atom is -0.384 e. The average molecular weight is 147 g/mol. The topological polar surface area (TPSA) is 12.0 Å². The molecule has 1 heterocycles. The molecule has 0 radical (unpaired) electrons. The van der Waals surface area contributed by atoms with Gasteiger partial charge in [-0.25, -0.2) is 0 Å². The molecule has 11 heavy (non-hydrogen) atoms. The van der Waals surface area contributed by atoms with E-state index >= 15 is 0 Å². The van der Waals surface area contributed by atoms with Crippen molar-refractivity contribution in [1.29, 1.82) is 0 Å². The first-order valence-electron chi connectivity index (χ1n) is 4.11. The van der Waals surface area contributed by atoms with Crippen molar-refractivity contribution < 1.29 is 0 Å². The van der Waals surface area contributed by atoms with Crippen LogP contribution in [0, 0.1) is 13.8 Å².